The van der Waals surface area contributed by atoms with Crippen LogP contribution in [-0.2, 0) is 4.79 Å². The highest BCUT2D eigenvalue weighted by Crippen LogP contribution is 2.17. The second-order valence-electron chi connectivity index (χ2n) is 5.81. The van der Waals surface area contributed by atoms with E-state index >= 15 is 0 Å². The van der Waals surface area contributed by atoms with Crippen molar-refractivity contribution in [1.82, 2.24) is 10.2 Å². The summed E-state index contributed by atoms with van der Waals surface area (Å²) in [6, 6.07) is 5.46. The van der Waals surface area contributed by atoms with E-state index in [1.807, 2.05) is 11.9 Å². The number of halogens is 2. The van der Waals surface area contributed by atoms with Crippen molar-refractivity contribution in [1.29, 1.82) is 0 Å². The van der Waals surface area contributed by atoms with Gasteiger partial charge < -0.3 is 10.2 Å². The Balaban J connectivity index is 0.00000264. The van der Waals surface area contributed by atoms with Crippen molar-refractivity contribution < 1.29 is 14.0 Å². The van der Waals surface area contributed by atoms with Gasteiger partial charge in [0.05, 0.1) is 0 Å². The van der Waals surface area contributed by atoms with E-state index in [0.29, 0.717) is 11.5 Å². The standard InChI is InChI=1S/C17H23FN2O2.ClH/c1-19-12-13-8-10-20(11-9-13)17(22)7-6-16(21)14-2-4-15(18)5-3-14;/h2-5,13,19H,6-12H2,1H3;1H. The summed E-state index contributed by atoms with van der Waals surface area (Å²) in [5, 5.41) is 3.17. The Bertz CT molecular complexity index is 514. The van der Waals surface area contributed by atoms with Gasteiger partial charge in [-0.3, -0.25) is 9.59 Å². The summed E-state index contributed by atoms with van der Waals surface area (Å²) in [7, 11) is 1.94. The summed E-state index contributed by atoms with van der Waals surface area (Å²) in [6.07, 6.45) is 2.44. The number of ketones is 1. The van der Waals surface area contributed by atoms with Gasteiger partial charge in [0.2, 0.25) is 5.91 Å². The van der Waals surface area contributed by atoms with Crippen molar-refractivity contribution in [3.8, 4) is 0 Å². The fraction of sp³-hybridized carbons (Fsp3) is 0.529. The second kappa shape index (κ2) is 9.63. The third-order valence-electron chi connectivity index (χ3n) is 4.19. The summed E-state index contributed by atoms with van der Waals surface area (Å²) in [5.41, 5.74) is 0.460. The molecule has 1 aromatic rings. The minimum Gasteiger partial charge on any atom is -0.343 e. The summed E-state index contributed by atoms with van der Waals surface area (Å²) in [4.78, 5) is 26.0. The zero-order valence-corrected chi connectivity index (χ0v) is 14.2. The van der Waals surface area contributed by atoms with Gasteiger partial charge in [-0.15, -0.1) is 12.4 Å². The molecule has 0 aliphatic carbocycles. The van der Waals surface area contributed by atoms with Crippen LogP contribution in [0.4, 0.5) is 4.39 Å². The Labute approximate surface area is 142 Å². The van der Waals surface area contributed by atoms with Gasteiger partial charge in [-0.1, -0.05) is 0 Å². The average Bonchev–Trinajstić information content (AvgIpc) is 2.54. The molecule has 0 spiro atoms. The summed E-state index contributed by atoms with van der Waals surface area (Å²) < 4.78 is 12.8. The molecule has 1 aromatic carbocycles. The van der Waals surface area contributed by atoms with E-state index < -0.39 is 0 Å². The van der Waals surface area contributed by atoms with Crippen molar-refractivity contribution in [2.45, 2.75) is 25.7 Å². The number of carbonyl (C=O) groups excluding carboxylic acids is 2. The smallest absolute Gasteiger partial charge is 0.223 e. The number of piperidine rings is 1. The third kappa shape index (κ3) is 5.92. The van der Waals surface area contributed by atoms with Crippen molar-refractivity contribution in [2.24, 2.45) is 5.92 Å². The molecule has 0 aromatic heterocycles. The Kier molecular flexibility index (Phi) is 8.20. The number of nitrogens with one attached hydrogen (secondary N) is 1. The number of nitrogens with zero attached hydrogens (tertiary/aromatic N) is 1. The quantitative estimate of drug-likeness (QED) is 0.809. The molecule has 2 rings (SSSR count). The van der Waals surface area contributed by atoms with E-state index in [9.17, 15) is 14.0 Å². The van der Waals surface area contributed by atoms with Crippen molar-refractivity contribution in [2.75, 3.05) is 26.7 Å². The molecule has 0 saturated carbocycles. The zero-order chi connectivity index (χ0) is 15.9. The van der Waals surface area contributed by atoms with Gasteiger partial charge in [0.1, 0.15) is 5.82 Å². The van der Waals surface area contributed by atoms with E-state index in [1.165, 1.54) is 24.3 Å². The van der Waals surface area contributed by atoms with E-state index in [2.05, 4.69) is 5.32 Å². The van der Waals surface area contributed by atoms with E-state index in [1.54, 1.807) is 0 Å². The number of likely N-dealkylation sites (tertiary alicyclic amines) is 1. The van der Waals surface area contributed by atoms with Gasteiger partial charge in [-0.25, -0.2) is 4.39 Å². The lowest BCUT2D eigenvalue weighted by Gasteiger charge is -2.32. The first-order chi connectivity index (χ1) is 10.6. The molecule has 0 bridgehead atoms. The Morgan fingerprint density at radius 3 is 2.35 bits per heavy atom. The van der Waals surface area contributed by atoms with E-state index in [0.717, 1.165) is 32.5 Å². The lowest BCUT2D eigenvalue weighted by molar-refractivity contribution is -0.132. The molecule has 0 unspecified atom stereocenters. The molecule has 1 heterocycles. The Morgan fingerprint density at radius 2 is 1.78 bits per heavy atom. The molecule has 1 amide bonds. The van der Waals surface area contributed by atoms with Crippen LogP contribution in [-0.4, -0.2) is 43.3 Å². The van der Waals surface area contributed by atoms with E-state index in [4.69, 9.17) is 0 Å². The first kappa shape index (κ1) is 19.6. The predicted molar refractivity (Wildman–Crippen MR) is 90.4 cm³/mol. The third-order valence-corrected chi connectivity index (χ3v) is 4.19. The molecule has 23 heavy (non-hydrogen) atoms. The Morgan fingerprint density at radius 1 is 1.17 bits per heavy atom. The van der Waals surface area contributed by atoms with Crippen LogP contribution in [0.25, 0.3) is 0 Å². The van der Waals surface area contributed by atoms with Gasteiger partial charge in [-0.05, 0) is 56.6 Å². The highest BCUT2D eigenvalue weighted by Gasteiger charge is 2.22. The minimum atomic E-state index is -0.364. The maximum Gasteiger partial charge on any atom is 0.223 e. The van der Waals surface area contributed by atoms with Gasteiger partial charge >= 0.3 is 0 Å². The molecule has 6 heteroatoms. The second-order valence-corrected chi connectivity index (χ2v) is 5.81. The van der Waals surface area contributed by atoms with Crippen molar-refractivity contribution >= 4 is 24.1 Å². The van der Waals surface area contributed by atoms with Crippen LogP contribution in [0.2, 0.25) is 0 Å². The molecule has 1 N–H and O–H groups in total. The molecule has 128 valence electrons. The largest absolute Gasteiger partial charge is 0.343 e. The van der Waals surface area contributed by atoms with Crippen LogP contribution in [0, 0.1) is 11.7 Å². The monoisotopic (exact) mass is 342 g/mol. The lowest BCUT2D eigenvalue weighted by Crippen LogP contribution is -2.40. The highest BCUT2D eigenvalue weighted by atomic mass is 35.5. The zero-order valence-electron chi connectivity index (χ0n) is 13.4. The molecular formula is C17H24ClFN2O2. The molecule has 1 aliphatic rings. The van der Waals surface area contributed by atoms with Crippen LogP contribution in [0.3, 0.4) is 0 Å². The summed E-state index contributed by atoms with van der Waals surface area (Å²) in [5.74, 6) is 0.198. The first-order valence-electron chi connectivity index (χ1n) is 7.81. The van der Waals surface area contributed by atoms with Crippen LogP contribution in [0.5, 0.6) is 0 Å². The van der Waals surface area contributed by atoms with Crippen LogP contribution in [0.15, 0.2) is 24.3 Å². The van der Waals surface area contributed by atoms with Crippen LogP contribution < -0.4 is 5.32 Å². The fourth-order valence-corrected chi connectivity index (χ4v) is 2.83. The van der Waals surface area contributed by atoms with Crippen molar-refractivity contribution in [3.63, 3.8) is 0 Å². The number of hydrogen-bond donors (Lipinski definition) is 1. The molecular weight excluding hydrogens is 319 g/mol. The topological polar surface area (TPSA) is 49.4 Å². The van der Waals surface area contributed by atoms with Crippen LogP contribution >= 0.6 is 12.4 Å². The van der Waals surface area contributed by atoms with Crippen LogP contribution in [0.1, 0.15) is 36.0 Å². The molecule has 1 saturated heterocycles. The Hall–Kier alpha value is -1.46. The molecule has 0 atom stereocenters. The number of hydrogen-bond acceptors (Lipinski definition) is 3. The molecule has 1 fully saturated rings. The highest BCUT2D eigenvalue weighted by molar-refractivity contribution is 5.97. The molecule has 1 aliphatic heterocycles. The maximum atomic E-state index is 12.8. The van der Waals surface area contributed by atoms with Gasteiger partial charge in [0, 0.05) is 31.5 Å². The lowest BCUT2D eigenvalue weighted by atomic mass is 9.96. The number of carbonyl (C=O) groups is 2. The maximum absolute atomic E-state index is 12.8. The molecule has 4 nitrogen and oxygen atoms in total. The average molecular weight is 343 g/mol. The number of amides is 1. The predicted octanol–water partition coefficient (Wildman–Crippen LogP) is 2.67. The van der Waals surface area contributed by atoms with Gasteiger partial charge in [0.15, 0.2) is 5.78 Å². The fourth-order valence-electron chi connectivity index (χ4n) is 2.83. The first-order valence-corrected chi connectivity index (χ1v) is 7.81. The summed E-state index contributed by atoms with van der Waals surface area (Å²) in [6.45, 7) is 2.54. The van der Waals surface area contributed by atoms with Gasteiger partial charge in [0.25, 0.3) is 0 Å². The minimum absolute atomic E-state index is 0. The summed E-state index contributed by atoms with van der Waals surface area (Å²) >= 11 is 0. The van der Waals surface area contributed by atoms with E-state index in [-0.39, 0.29) is 42.8 Å². The molecule has 0 radical (unpaired) electrons. The number of rotatable bonds is 6. The normalized spacial score (nSPS) is 15.1. The number of benzene rings is 1. The van der Waals surface area contributed by atoms with Crippen molar-refractivity contribution in [3.05, 3.63) is 35.6 Å². The van der Waals surface area contributed by atoms with Gasteiger partial charge in [-0.2, -0.15) is 0 Å². The number of Topliss-reactive ketones (excluding diaryl/α,β-unsaturated/α-hetero) is 1. The SMILES string of the molecule is CNCC1CCN(C(=O)CCC(=O)c2ccc(F)cc2)CC1.Cl.